The number of carbonyl (C=O) groups is 1. The van der Waals surface area contributed by atoms with Crippen molar-refractivity contribution in [2.24, 2.45) is 5.73 Å². The van der Waals surface area contributed by atoms with Crippen molar-refractivity contribution in [1.82, 2.24) is 0 Å². The first-order chi connectivity index (χ1) is 8.34. The van der Waals surface area contributed by atoms with Gasteiger partial charge in [0.05, 0.1) is 12.5 Å². The fraction of sp³-hybridized carbons (Fsp3) is 0.385. The zero-order chi connectivity index (χ0) is 13.8. The van der Waals surface area contributed by atoms with Crippen molar-refractivity contribution in [3.05, 3.63) is 23.8 Å². The number of nitriles is 1. The third kappa shape index (κ3) is 3.98. The van der Waals surface area contributed by atoms with Gasteiger partial charge in [0.15, 0.2) is 0 Å². The largest absolute Gasteiger partial charge is 0.398 e. The van der Waals surface area contributed by atoms with E-state index >= 15 is 0 Å². The van der Waals surface area contributed by atoms with E-state index in [0.717, 1.165) is 11.3 Å². The molecule has 96 valence electrons. The van der Waals surface area contributed by atoms with Gasteiger partial charge in [-0.2, -0.15) is 5.26 Å². The molecule has 0 unspecified atom stereocenters. The number of anilines is 2. The zero-order valence-electron chi connectivity index (χ0n) is 10.7. The summed E-state index contributed by atoms with van der Waals surface area (Å²) in [6.45, 7) is 3.77. The number of rotatable bonds is 5. The molecule has 5 nitrogen and oxygen atoms in total. The van der Waals surface area contributed by atoms with Crippen LogP contribution in [0.2, 0.25) is 0 Å². The van der Waals surface area contributed by atoms with Gasteiger partial charge in [-0.3, -0.25) is 4.79 Å². The summed E-state index contributed by atoms with van der Waals surface area (Å²) in [7, 11) is 0. The molecular weight excluding hydrogens is 228 g/mol. The van der Waals surface area contributed by atoms with Crippen molar-refractivity contribution in [1.29, 1.82) is 5.26 Å². The molecule has 0 radical (unpaired) electrons. The number of carbonyl (C=O) groups excluding carboxylic acids is 1. The highest BCUT2D eigenvalue weighted by molar-refractivity contribution is 5.75. The van der Waals surface area contributed by atoms with Crippen molar-refractivity contribution < 1.29 is 4.79 Å². The fourth-order valence-electron chi connectivity index (χ4n) is 1.79. The van der Waals surface area contributed by atoms with Gasteiger partial charge in [-0.25, -0.2) is 0 Å². The summed E-state index contributed by atoms with van der Waals surface area (Å²) in [5, 5.41) is 11.9. The number of primary amides is 1. The van der Waals surface area contributed by atoms with Gasteiger partial charge in [0, 0.05) is 23.3 Å². The summed E-state index contributed by atoms with van der Waals surface area (Å²) in [4.78, 5) is 10.9. The first-order valence-corrected chi connectivity index (χ1v) is 5.66. The minimum Gasteiger partial charge on any atom is -0.398 e. The second-order valence-corrected chi connectivity index (χ2v) is 4.90. The molecule has 5 N–H and O–H groups in total. The minimum atomic E-state index is -0.439. The van der Waals surface area contributed by atoms with Crippen LogP contribution in [0.5, 0.6) is 0 Å². The Morgan fingerprint density at radius 1 is 1.50 bits per heavy atom. The van der Waals surface area contributed by atoms with E-state index < -0.39 is 5.54 Å². The molecule has 1 aromatic carbocycles. The minimum absolute atomic E-state index is 0.227. The van der Waals surface area contributed by atoms with Crippen molar-refractivity contribution in [2.45, 2.75) is 32.2 Å². The summed E-state index contributed by atoms with van der Waals surface area (Å²) >= 11 is 0. The lowest BCUT2D eigenvalue weighted by molar-refractivity contribution is -0.118. The highest BCUT2D eigenvalue weighted by Gasteiger charge is 2.20. The summed E-state index contributed by atoms with van der Waals surface area (Å²) in [5.41, 5.74) is 12.7. The summed E-state index contributed by atoms with van der Waals surface area (Å²) in [6, 6.07) is 7.45. The average molecular weight is 246 g/mol. The third-order valence-corrected chi connectivity index (χ3v) is 2.51. The van der Waals surface area contributed by atoms with Crippen molar-refractivity contribution >= 4 is 17.3 Å². The normalized spacial score (nSPS) is 10.7. The molecule has 0 saturated carbocycles. The van der Waals surface area contributed by atoms with Gasteiger partial charge in [0.1, 0.15) is 0 Å². The second-order valence-electron chi connectivity index (χ2n) is 4.90. The van der Waals surface area contributed by atoms with Gasteiger partial charge in [0.2, 0.25) is 5.91 Å². The number of amides is 1. The van der Waals surface area contributed by atoms with Gasteiger partial charge < -0.3 is 16.8 Å². The highest BCUT2D eigenvalue weighted by Crippen LogP contribution is 2.22. The standard InChI is InChI=1S/C13H18N4O/c1-13(2,8-12(16)18)17-10-3-4-11(15)9(7-10)5-6-14/h3-4,7,17H,5,8,15H2,1-2H3,(H2,16,18). The number of nitrogens with zero attached hydrogens (tertiary/aromatic N) is 1. The monoisotopic (exact) mass is 246 g/mol. The molecule has 1 amide bonds. The highest BCUT2D eigenvalue weighted by atomic mass is 16.1. The maximum Gasteiger partial charge on any atom is 0.219 e. The van der Waals surface area contributed by atoms with Crippen LogP contribution in [0.25, 0.3) is 0 Å². The van der Waals surface area contributed by atoms with E-state index in [4.69, 9.17) is 16.7 Å². The fourth-order valence-corrected chi connectivity index (χ4v) is 1.79. The molecule has 0 fully saturated rings. The van der Waals surface area contributed by atoms with E-state index in [1.807, 2.05) is 26.0 Å². The number of hydrogen-bond acceptors (Lipinski definition) is 4. The van der Waals surface area contributed by atoms with Crippen LogP contribution in [0.1, 0.15) is 25.8 Å². The molecule has 5 heteroatoms. The molecule has 0 atom stereocenters. The Hall–Kier alpha value is -2.22. The second kappa shape index (κ2) is 5.41. The van der Waals surface area contributed by atoms with E-state index in [2.05, 4.69) is 11.4 Å². The van der Waals surface area contributed by atoms with Gasteiger partial charge in [-0.15, -0.1) is 0 Å². The van der Waals surface area contributed by atoms with Crippen LogP contribution in [0, 0.1) is 11.3 Å². The average Bonchev–Trinajstić information content (AvgIpc) is 2.21. The van der Waals surface area contributed by atoms with Crippen LogP contribution in [-0.2, 0) is 11.2 Å². The van der Waals surface area contributed by atoms with E-state index in [1.165, 1.54) is 0 Å². The van der Waals surface area contributed by atoms with Crippen LogP contribution in [0.15, 0.2) is 18.2 Å². The topological polar surface area (TPSA) is 105 Å². The van der Waals surface area contributed by atoms with E-state index in [-0.39, 0.29) is 18.7 Å². The third-order valence-electron chi connectivity index (χ3n) is 2.51. The summed E-state index contributed by atoms with van der Waals surface area (Å²) in [5.74, 6) is -0.361. The number of hydrogen-bond donors (Lipinski definition) is 3. The smallest absolute Gasteiger partial charge is 0.219 e. The van der Waals surface area contributed by atoms with E-state index in [9.17, 15) is 4.79 Å². The summed E-state index contributed by atoms with van der Waals surface area (Å²) < 4.78 is 0. The Balaban J connectivity index is 2.88. The van der Waals surface area contributed by atoms with Crippen LogP contribution in [-0.4, -0.2) is 11.4 Å². The molecule has 0 spiro atoms. The van der Waals surface area contributed by atoms with Crippen molar-refractivity contribution in [3.63, 3.8) is 0 Å². The maximum absolute atomic E-state index is 10.9. The maximum atomic E-state index is 10.9. The van der Waals surface area contributed by atoms with Gasteiger partial charge >= 0.3 is 0 Å². The molecule has 1 rings (SSSR count). The lowest BCUT2D eigenvalue weighted by atomic mass is 9.99. The first kappa shape index (κ1) is 13.8. The molecule has 0 bridgehead atoms. The van der Waals surface area contributed by atoms with Crippen LogP contribution < -0.4 is 16.8 Å². The molecule has 0 aliphatic carbocycles. The van der Waals surface area contributed by atoms with Crippen molar-refractivity contribution in [3.8, 4) is 6.07 Å². The Morgan fingerprint density at radius 2 is 2.17 bits per heavy atom. The predicted molar refractivity (Wildman–Crippen MR) is 71.7 cm³/mol. The van der Waals surface area contributed by atoms with E-state index in [1.54, 1.807) is 6.07 Å². The van der Waals surface area contributed by atoms with Crippen LogP contribution in [0.3, 0.4) is 0 Å². The lowest BCUT2D eigenvalue weighted by Crippen LogP contribution is -2.36. The number of nitrogens with two attached hydrogens (primary N) is 2. The molecule has 1 aromatic rings. The Labute approximate surface area is 107 Å². The first-order valence-electron chi connectivity index (χ1n) is 5.66. The van der Waals surface area contributed by atoms with Crippen LogP contribution >= 0.6 is 0 Å². The molecular formula is C13H18N4O. The Kier molecular flexibility index (Phi) is 4.16. The lowest BCUT2D eigenvalue weighted by Gasteiger charge is -2.26. The number of nitrogens with one attached hydrogen (secondary N) is 1. The Morgan fingerprint density at radius 3 is 2.72 bits per heavy atom. The molecule has 0 heterocycles. The van der Waals surface area contributed by atoms with Crippen molar-refractivity contribution in [2.75, 3.05) is 11.1 Å². The van der Waals surface area contributed by atoms with Gasteiger partial charge in [-0.1, -0.05) is 0 Å². The quantitative estimate of drug-likeness (QED) is 0.683. The molecule has 0 aliphatic heterocycles. The zero-order valence-corrected chi connectivity index (χ0v) is 10.7. The molecule has 0 aromatic heterocycles. The number of nitrogen functional groups attached to an aromatic ring is 1. The SMILES string of the molecule is CC(C)(CC(N)=O)Nc1ccc(N)c(CC#N)c1. The van der Waals surface area contributed by atoms with Gasteiger partial charge in [-0.05, 0) is 37.6 Å². The Bertz CT molecular complexity index is 488. The molecule has 0 saturated heterocycles. The van der Waals surface area contributed by atoms with E-state index in [0.29, 0.717) is 5.69 Å². The molecule has 0 aliphatic rings. The van der Waals surface area contributed by atoms with Gasteiger partial charge in [0.25, 0.3) is 0 Å². The molecule has 18 heavy (non-hydrogen) atoms. The predicted octanol–water partition coefficient (Wildman–Crippen LogP) is 1.40. The number of benzene rings is 1. The van der Waals surface area contributed by atoms with Crippen LogP contribution in [0.4, 0.5) is 11.4 Å². The summed E-state index contributed by atoms with van der Waals surface area (Å²) in [6.07, 6.45) is 0.489.